The summed E-state index contributed by atoms with van der Waals surface area (Å²) in [6.07, 6.45) is 0.0142. The van der Waals surface area contributed by atoms with Gasteiger partial charge in [0.2, 0.25) is 5.91 Å². The molecule has 2 N–H and O–H groups in total. The molecular formula is C10H15NO4S. The zero-order valence-electron chi connectivity index (χ0n) is 9.16. The Morgan fingerprint density at radius 1 is 1.62 bits per heavy atom. The van der Waals surface area contributed by atoms with Crippen LogP contribution in [0.1, 0.15) is 20.3 Å². The van der Waals surface area contributed by atoms with Crippen LogP contribution in [0.3, 0.4) is 0 Å². The maximum atomic E-state index is 11.8. The minimum Gasteiger partial charge on any atom is -0.480 e. The Morgan fingerprint density at radius 3 is 2.69 bits per heavy atom. The minimum absolute atomic E-state index is 0.0600. The van der Waals surface area contributed by atoms with E-state index in [1.807, 2.05) is 6.92 Å². The average Bonchev–Trinajstić information content (AvgIpc) is 2.51. The third kappa shape index (κ3) is 1.43. The zero-order valence-corrected chi connectivity index (χ0v) is 9.98. The van der Waals surface area contributed by atoms with E-state index >= 15 is 0 Å². The van der Waals surface area contributed by atoms with Crippen molar-refractivity contribution < 1.29 is 19.8 Å². The number of carboxylic acid groups (broad SMARTS) is 1. The molecule has 5 nitrogen and oxygen atoms in total. The van der Waals surface area contributed by atoms with Gasteiger partial charge in [-0.25, -0.2) is 4.79 Å². The Kier molecular flexibility index (Phi) is 2.88. The first-order valence-electron chi connectivity index (χ1n) is 5.37. The SMILES string of the molecule is CC[C@H]1S[C@@H]2[C@H](C(C)O)C(=O)N2[C@@H]1C(=O)O. The number of carbonyl (C=O) groups excluding carboxylic acids is 1. The van der Waals surface area contributed by atoms with Gasteiger partial charge < -0.3 is 15.1 Å². The molecule has 0 aliphatic carbocycles. The van der Waals surface area contributed by atoms with E-state index in [2.05, 4.69) is 0 Å². The molecule has 1 amide bonds. The van der Waals surface area contributed by atoms with Crippen LogP contribution in [0, 0.1) is 5.92 Å². The quantitative estimate of drug-likeness (QED) is 0.691. The van der Waals surface area contributed by atoms with Gasteiger partial charge in [0.1, 0.15) is 6.04 Å². The van der Waals surface area contributed by atoms with Crippen LogP contribution in [0.4, 0.5) is 0 Å². The lowest BCUT2D eigenvalue weighted by Gasteiger charge is -2.44. The van der Waals surface area contributed by atoms with Crippen LogP contribution in [0.5, 0.6) is 0 Å². The first kappa shape index (κ1) is 11.7. The van der Waals surface area contributed by atoms with E-state index in [1.54, 1.807) is 6.92 Å². The van der Waals surface area contributed by atoms with Crippen LogP contribution in [0.25, 0.3) is 0 Å². The standard InChI is InChI=1S/C10H15NO4S/c1-3-5-7(10(14)15)11-8(13)6(4(2)12)9(11)16-5/h4-7,9,12H,3H2,1-2H3,(H,14,15)/t4?,5-,6-,7+,9-/m1/s1. The molecular weight excluding hydrogens is 230 g/mol. The molecule has 5 atom stereocenters. The second-order valence-corrected chi connectivity index (χ2v) is 5.63. The lowest BCUT2D eigenvalue weighted by molar-refractivity contribution is -0.167. The predicted molar refractivity (Wildman–Crippen MR) is 58.9 cm³/mol. The molecule has 2 heterocycles. The molecule has 0 bridgehead atoms. The molecule has 6 heteroatoms. The first-order chi connectivity index (χ1) is 7.49. The minimum atomic E-state index is -0.945. The van der Waals surface area contributed by atoms with Gasteiger partial charge in [-0.3, -0.25) is 4.79 Å². The number of amides is 1. The Bertz CT molecular complexity index is 333. The van der Waals surface area contributed by atoms with Gasteiger partial charge in [-0.15, -0.1) is 11.8 Å². The second-order valence-electron chi connectivity index (χ2n) is 4.27. The number of carbonyl (C=O) groups is 2. The van der Waals surface area contributed by atoms with Crippen molar-refractivity contribution >= 4 is 23.6 Å². The lowest BCUT2D eigenvalue weighted by atomic mass is 9.90. The summed E-state index contributed by atoms with van der Waals surface area (Å²) in [4.78, 5) is 24.3. The molecule has 2 fully saturated rings. The van der Waals surface area contributed by atoms with Crippen molar-refractivity contribution in [2.24, 2.45) is 5.92 Å². The van der Waals surface area contributed by atoms with Crippen molar-refractivity contribution in [2.45, 2.75) is 43.0 Å². The number of thioether (sulfide) groups is 1. The molecule has 1 unspecified atom stereocenters. The highest BCUT2D eigenvalue weighted by atomic mass is 32.2. The summed E-state index contributed by atoms with van der Waals surface area (Å²) in [5.74, 6) is -1.60. The number of fused-ring (bicyclic) bond motifs is 1. The molecule has 2 rings (SSSR count). The van der Waals surface area contributed by atoms with E-state index in [0.717, 1.165) is 0 Å². The summed E-state index contributed by atoms with van der Waals surface area (Å²) in [5.41, 5.74) is 0. The number of nitrogens with zero attached hydrogens (tertiary/aromatic N) is 1. The Morgan fingerprint density at radius 2 is 2.25 bits per heavy atom. The van der Waals surface area contributed by atoms with Crippen LogP contribution in [-0.2, 0) is 9.59 Å². The number of carboxylic acids is 1. The van der Waals surface area contributed by atoms with Crippen molar-refractivity contribution in [2.75, 3.05) is 0 Å². The van der Waals surface area contributed by atoms with E-state index in [4.69, 9.17) is 5.11 Å². The summed E-state index contributed by atoms with van der Waals surface area (Å²) in [6.45, 7) is 3.50. The fourth-order valence-electron chi connectivity index (χ4n) is 2.43. The molecule has 90 valence electrons. The Labute approximate surface area is 97.8 Å². The molecule has 2 aliphatic rings. The number of β-lactam (4-membered cyclic amide) rings is 1. The second kappa shape index (κ2) is 3.92. The average molecular weight is 245 g/mol. The van der Waals surface area contributed by atoms with Gasteiger partial charge in [0, 0.05) is 5.25 Å². The number of aliphatic hydroxyl groups is 1. The van der Waals surface area contributed by atoms with Crippen molar-refractivity contribution in [3.63, 3.8) is 0 Å². The summed E-state index contributed by atoms with van der Waals surface area (Å²) in [5, 5.41) is 18.4. The molecule has 0 aromatic heterocycles. The lowest BCUT2D eigenvalue weighted by Crippen LogP contribution is -2.64. The molecule has 2 aliphatic heterocycles. The summed E-state index contributed by atoms with van der Waals surface area (Å²) >= 11 is 1.50. The molecule has 16 heavy (non-hydrogen) atoms. The van der Waals surface area contributed by atoms with Gasteiger partial charge in [-0.2, -0.15) is 0 Å². The fraction of sp³-hybridized carbons (Fsp3) is 0.800. The van der Waals surface area contributed by atoms with Crippen molar-refractivity contribution in [3.8, 4) is 0 Å². The Balaban J connectivity index is 2.20. The van der Waals surface area contributed by atoms with Crippen LogP contribution in [0.15, 0.2) is 0 Å². The van der Waals surface area contributed by atoms with Crippen molar-refractivity contribution in [3.05, 3.63) is 0 Å². The smallest absolute Gasteiger partial charge is 0.327 e. The molecule has 0 saturated carbocycles. The highest BCUT2D eigenvalue weighted by Gasteiger charge is 2.61. The van der Waals surface area contributed by atoms with Crippen LogP contribution in [0.2, 0.25) is 0 Å². The van der Waals surface area contributed by atoms with Gasteiger partial charge >= 0.3 is 5.97 Å². The van der Waals surface area contributed by atoms with Gasteiger partial charge in [0.25, 0.3) is 0 Å². The number of hydrogen-bond acceptors (Lipinski definition) is 4. The Hall–Kier alpha value is -0.750. The molecule has 0 aromatic rings. The molecule has 0 radical (unpaired) electrons. The largest absolute Gasteiger partial charge is 0.480 e. The van der Waals surface area contributed by atoms with Gasteiger partial charge in [0.15, 0.2) is 0 Å². The number of aliphatic carboxylic acids is 1. The van der Waals surface area contributed by atoms with Crippen LogP contribution in [-0.4, -0.2) is 49.8 Å². The highest BCUT2D eigenvalue weighted by Crippen LogP contribution is 2.49. The normalized spacial score (nSPS) is 39.2. The maximum Gasteiger partial charge on any atom is 0.327 e. The predicted octanol–water partition coefficient (Wildman–Crippen LogP) is 0.130. The van der Waals surface area contributed by atoms with E-state index in [9.17, 15) is 14.7 Å². The summed E-state index contributed by atoms with van der Waals surface area (Å²) in [7, 11) is 0. The molecule has 0 aromatic carbocycles. The van der Waals surface area contributed by atoms with E-state index in [-0.39, 0.29) is 16.5 Å². The third-order valence-corrected chi connectivity index (χ3v) is 5.00. The molecule has 0 spiro atoms. The maximum absolute atomic E-state index is 11.8. The van der Waals surface area contributed by atoms with Gasteiger partial charge in [0.05, 0.1) is 17.4 Å². The van der Waals surface area contributed by atoms with Crippen molar-refractivity contribution in [1.29, 1.82) is 0 Å². The van der Waals surface area contributed by atoms with Gasteiger partial charge in [-0.1, -0.05) is 6.92 Å². The van der Waals surface area contributed by atoms with Crippen LogP contribution < -0.4 is 0 Å². The van der Waals surface area contributed by atoms with Gasteiger partial charge in [-0.05, 0) is 13.3 Å². The van der Waals surface area contributed by atoms with E-state index in [1.165, 1.54) is 16.7 Å². The number of hydrogen-bond donors (Lipinski definition) is 2. The first-order valence-corrected chi connectivity index (χ1v) is 6.31. The fourth-order valence-corrected chi connectivity index (χ4v) is 4.26. The van der Waals surface area contributed by atoms with E-state index in [0.29, 0.717) is 6.42 Å². The van der Waals surface area contributed by atoms with E-state index < -0.39 is 24.0 Å². The summed E-state index contributed by atoms with van der Waals surface area (Å²) < 4.78 is 0. The number of aliphatic hydroxyl groups excluding tert-OH is 1. The highest BCUT2D eigenvalue weighted by molar-refractivity contribution is 8.01. The topological polar surface area (TPSA) is 77.8 Å². The zero-order chi connectivity index (χ0) is 12.0. The molecule has 2 saturated heterocycles. The third-order valence-electron chi connectivity index (χ3n) is 3.26. The summed E-state index contributed by atoms with van der Waals surface area (Å²) in [6, 6.07) is -0.720. The van der Waals surface area contributed by atoms with Crippen LogP contribution >= 0.6 is 11.8 Å². The number of rotatable bonds is 3. The van der Waals surface area contributed by atoms with Crippen molar-refractivity contribution in [1.82, 2.24) is 4.90 Å². The monoisotopic (exact) mass is 245 g/mol.